The minimum Gasteiger partial charge on any atom is -0.508 e. The Morgan fingerprint density at radius 2 is 1.64 bits per heavy atom. The molecule has 0 bridgehead atoms. The van der Waals surface area contributed by atoms with Gasteiger partial charge in [-0.15, -0.1) is 0 Å². The number of hydrogen-bond donors (Lipinski definition) is 6. The first kappa shape index (κ1) is 19.1. The van der Waals surface area contributed by atoms with Gasteiger partial charge in [-0.1, -0.05) is 12.1 Å². The summed E-state index contributed by atoms with van der Waals surface area (Å²) in [6.07, 6.45) is 0.0164. The smallest absolute Gasteiger partial charge is 0.508 e. The summed E-state index contributed by atoms with van der Waals surface area (Å²) >= 11 is 0. The summed E-state index contributed by atoms with van der Waals surface area (Å²) in [5.41, 5.74) is 0.735. The lowest BCUT2D eigenvalue weighted by molar-refractivity contribution is 0.157. The van der Waals surface area contributed by atoms with Crippen molar-refractivity contribution in [2.75, 3.05) is 0 Å². The molecule has 0 spiro atoms. The molecule has 136 valence electrons. The molecule has 2 rings (SSSR count). The Bertz CT molecular complexity index is 768. The molecular formula is C16H19O8P. The third kappa shape index (κ3) is 5.65. The number of rotatable bonds is 7. The molecule has 0 heterocycles. The molecule has 0 radical (unpaired) electrons. The topological polar surface area (TPSA) is 148 Å². The van der Waals surface area contributed by atoms with Crippen molar-refractivity contribution in [2.45, 2.75) is 25.4 Å². The summed E-state index contributed by atoms with van der Waals surface area (Å²) < 4.78 is 15.5. The lowest BCUT2D eigenvalue weighted by Gasteiger charge is -2.18. The number of aromatic hydroxyl groups is 3. The quantitative estimate of drug-likeness (QED) is 0.407. The SMILES string of the molecule is O=P(O)(O)Oc1cc(O)cc(O)c1C(O)CCCc1ccc(O)cc1. The zero-order chi connectivity index (χ0) is 18.6. The van der Waals surface area contributed by atoms with E-state index in [9.17, 15) is 25.0 Å². The Morgan fingerprint density at radius 3 is 2.24 bits per heavy atom. The van der Waals surface area contributed by atoms with Crippen LogP contribution in [0.5, 0.6) is 23.0 Å². The zero-order valence-electron chi connectivity index (χ0n) is 13.1. The van der Waals surface area contributed by atoms with E-state index in [1.165, 1.54) is 0 Å². The average molecular weight is 370 g/mol. The number of aliphatic hydroxyl groups excluding tert-OH is 1. The number of benzene rings is 2. The molecule has 0 aliphatic rings. The molecular weight excluding hydrogens is 351 g/mol. The summed E-state index contributed by atoms with van der Waals surface area (Å²) in [5.74, 6) is -1.32. The number of aliphatic hydroxyl groups is 1. The van der Waals surface area contributed by atoms with Gasteiger partial charge in [-0.05, 0) is 37.0 Å². The molecule has 0 aromatic heterocycles. The molecule has 9 heteroatoms. The summed E-state index contributed by atoms with van der Waals surface area (Å²) in [7, 11) is -4.93. The van der Waals surface area contributed by atoms with E-state index in [2.05, 4.69) is 4.52 Å². The second-order valence-corrected chi connectivity index (χ2v) is 6.70. The zero-order valence-corrected chi connectivity index (χ0v) is 14.0. The summed E-state index contributed by atoms with van der Waals surface area (Å²) in [6.45, 7) is 0. The minimum absolute atomic E-state index is 0.150. The van der Waals surface area contributed by atoms with Gasteiger partial charge < -0.3 is 24.9 Å². The number of phenolic OH excluding ortho intramolecular Hbond substituents is 3. The molecule has 0 aliphatic heterocycles. The van der Waals surface area contributed by atoms with Crippen molar-refractivity contribution in [1.82, 2.24) is 0 Å². The monoisotopic (exact) mass is 370 g/mol. The van der Waals surface area contributed by atoms with Crippen LogP contribution in [0.1, 0.15) is 30.1 Å². The molecule has 1 atom stereocenters. The van der Waals surface area contributed by atoms with Crippen LogP contribution < -0.4 is 4.52 Å². The highest BCUT2D eigenvalue weighted by Crippen LogP contribution is 2.46. The van der Waals surface area contributed by atoms with Crippen LogP contribution in [0.4, 0.5) is 0 Å². The lowest BCUT2D eigenvalue weighted by Crippen LogP contribution is -2.03. The van der Waals surface area contributed by atoms with Gasteiger partial charge in [0.2, 0.25) is 0 Å². The first-order valence-electron chi connectivity index (χ1n) is 7.42. The summed E-state index contributed by atoms with van der Waals surface area (Å²) in [6, 6.07) is 8.43. The van der Waals surface area contributed by atoms with E-state index in [1.807, 2.05) is 0 Å². The standard InChI is InChI=1S/C16H19O8P/c17-11-6-4-10(5-7-11)2-1-3-13(19)16-14(20)8-12(18)9-15(16)24-25(21,22)23/h4-9,13,17-20H,1-3H2,(H2,21,22,23). The maximum Gasteiger partial charge on any atom is 0.524 e. The summed E-state index contributed by atoms with van der Waals surface area (Å²) in [5, 5.41) is 38.9. The minimum atomic E-state index is -4.93. The fourth-order valence-corrected chi connectivity index (χ4v) is 2.85. The molecule has 0 aliphatic carbocycles. The van der Waals surface area contributed by atoms with Crippen molar-refractivity contribution in [1.29, 1.82) is 0 Å². The summed E-state index contributed by atoms with van der Waals surface area (Å²) in [4.78, 5) is 17.9. The maximum atomic E-state index is 11.0. The molecule has 0 saturated carbocycles. The van der Waals surface area contributed by atoms with Gasteiger partial charge in [0.05, 0.1) is 11.7 Å². The van der Waals surface area contributed by atoms with Crippen molar-refractivity contribution < 1.29 is 39.3 Å². The van der Waals surface area contributed by atoms with Crippen molar-refractivity contribution >= 4 is 7.82 Å². The Labute approximate surface area is 143 Å². The lowest BCUT2D eigenvalue weighted by atomic mass is 9.99. The third-order valence-corrected chi connectivity index (χ3v) is 3.97. The van der Waals surface area contributed by atoms with Crippen LogP contribution in [0.2, 0.25) is 0 Å². The molecule has 2 aromatic rings. The van der Waals surface area contributed by atoms with E-state index in [0.29, 0.717) is 12.8 Å². The Kier molecular flexibility index (Phi) is 5.92. The van der Waals surface area contributed by atoms with Crippen molar-refractivity contribution in [3.63, 3.8) is 0 Å². The molecule has 1 unspecified atom stereocenters. The normalized spacial score (nSPS) is 12.8. The maximum absolute atomic E-state index is 11.0. The van der Waals surface area contributed by atoms with Gasteiger partial charge in [0, 0.05) is 12.1 Å². The van der Waals surface area contributed by atoms with Crippen molar-refractivity contribution in [3.05, 3.63) is 47.5 Å². The number of phosphoric ester groups is 1. The fraction of sp³-hybridized carbons (Fsp3) is 0.250. The van der Waals surface area contributed by atoms with Gasteiger partial charge in [-0.2, -0.15) is 0 Å². The highest BCUT2D eigenvalue weighted by atomic mass is 31.2. The van der Waals surface area contributed by atoms with Crippen LogP contribution in [-0.4, -0.2) is 30.2 Å². The van der Waals surface area contributed by atoms with E-state index in [0.717, 1.165) is 17.7 Å². The predicted molar refractivity (Wildman–Crippen MR) is 88.4 cm³/mol. The first-order valence-corrected chi connectivity index (χ1v) is 8.96. The predicted octanol–water partition coefficient (Wildman–Crippen LogP) is 2.33. The van der Waals surface area contributed by atoms with Gasteiger partial charge in [0.25, 0.3) is 0 Å². The molecule has 0 amide bonds. The average Bonchev–Trinajstić information content (AvgIpc) is 2.46. The van der Waals surface area contributed by atoms with E-state index in [1.54, 1.807) is 24.3 Å². The van der Waals surface area contributed by atoms with Gasteiger partial charge in [0.1, 0.15) is 23.0 Å². The fourth-order valence-electron chi connectivity index (χ4n) is 2.44. The van der Waals surface area contributed by atoms with Crippen LogP contribution in [0.15, 0.2) is 36.4 Å². The van der Waals surface area contributed by atoms with E-state index < -0.39 is 31.2 Å². The van der Waals surface area contributed by atoms with Crippen molar-refractivity contribution in [3.8, 4) is 23.0 Å². The molecule has 0 fully saturated rings. The molecule has 25 heavy (non-hydrogen) atoms. The highest BCUT2D eigenvalue weighted by molar-refractivity contribution is 7.46. The second-order valence-electron chi connectivity index (χ2n) is 5.53. The van der Waals surface area contributed by atoms with Crippen LogP contribution >= 0.6 is 7.82 Å². The van der Waals surface area contributed by atoms with E-state index in [-0.39, 0.29) is 17.7 Å². The van der Waals surface area contributed by atoms with Crippen LogP contribution in [-0.2, 0) is 11.0 Å². The highest BCUT2D eigenvalue weighted by Gasteiger charge is 2.25. The van der Waals surface area contributed by atoms with E-state index in [4.69, 9.17) is 9.79 Å². The molecule has 6 N–H and O–H groups in total. The molecule has 8 nitrogen and oxygen atoms in total. The van der Waals surface area contributed by atoms with Crippen LogP contribution in [0.25, 0.3) is 0 Å². The second kappa shape index (κ2) is 7.76. The number of hydrogen-bond acceptors (Lipinski definition) is 6. The van der Waals surface area contributed by atoms with Crippen molar-refractivity contribution in [2.24, 2.45) is 0 Å². The van der Waals surface area contributed by atoms with Gasteiger partial charge in [0.15, 0.2) is 0 Å². The number of phenols is 3. The molecule has 0 saturated heterocycles. The van der Waals surface area contributed by atoms with Gasteiger partial charge >= 0.3 is 7.82 Å². The Balaban J connectivity index is 2.10. The first-order chi connectivity index (χ1) is 11.7. The number of aryl methyl sites for hydroxylation is 1. The number of phosphoric acid groups is 1. The van der Waals surface area contributed by atoms with E-state index >= 15 is 0 Å². The van der Waals surface area contributed by atoms with Crippen LogP contribution in [0.3, 0.4) is 0 Å². The Hall–Kier alpha value is -2.25. The Morgan fingerprint density at radius 1 is 1.00 bits per heavy atom. The molecule has 2 aromatic carbocycles. The van der Waals surface area contributed by atoms with Gasteiger partial charge in [-0.25, -0.2) is 4.57 Å². The third-order valence-electron chi connectivity index (χ3n) is 3.53. The van der Waals surface area contributed by atoms with Crippen LogP contribution in [0, 0.1) is 0 Å². The van der Waals surface area contributed by atoms with Gasteiger partial charge in [-0.3, -0.25) is 9.79 Å². The largest absolute Gasteiger partial charge is 0.524 e.